The van der Waals surface area contributed by atoms with Crippen molar-refractivity contribution in [2.45, 2.75) is 13.0 Å². The molecule has 0 fully saturated rings. The molecular formula is C15H14BrCl2NO. The van der Waals surface area contributed by atoms with Gasteiger partial charge in [0.25, 0.3) is 0 Å². The Morgan fingerprint density at radius 2 is 1.85 bits per heavy atom. The van der Waals surface area contributed by atoms with Crippen LogP contribution < -0.4 is 10.5 Å². The molecule has 2 aromatic rings. The summed E-state index contributed by atoms with van der Waals surface area (Å²) in [6, 6.07) is 9.08. The second-order valence-corrected chi connectivity index (χ2v) is 6.16. The number of hydrogen-bond donors (Lipinski definition) is 1. The molecule has 0 aliphatic carbocycles. The van der Waals surface area contributed by atoms with Crippen molar-refractivity contribution in [1.29, 1.82) is 0 Å². The highest BCUT2D eigenvalue weighted by Crippen LogP contribution is 2.35. The largest absolute Gasteiger partial charge is 0.495 e. The Kier molecular flexibility index (Phi) is 4.97. The van der Waals surface area contributed by atoms with E-state index in [0.717, 1.165) is 21.2 Å². The van der Waals surface area contributed by atoms with Crippen molar-refractivity contribution in [2.24, 2.45) is 5.73 Å². The molecule has 2 N–H and O–H groups in total. The monoisotopic (exact) mass is 373 g/mol. The lowest BCUT2D eigenvalue weighted by Gasteiger charge is -2.17. The Balaban J connectivity index is 2.45. The van der Waals surface area contributed by atoms with E-state index >= 15 is 0 Å². The van der Waals surface area contributed by atoms with Gasteiger partial charge < -0.3 is 10.5 Å². The first kappa shape index (κ1) is 15.6. The van der Waals surface area contributed by atoms with Crippen LogP contribution in [0.3, 0.4) is 0 Å². The Morgan fingerprint density at radius 3 is 2.45 bits per heavy atom. The average Bonchev–Trinajstić information content (AvgIpc) is 2.43. The minimum absolute atomic E-state index is 0.335. The van der Waals surface area contributed by atoms with Crippen molar-refractivity contribution >= 4 is 39.1 Å². The summed E-state index contributed by atoms with van der Waals surface area (Å²) in [6.07, 6.45) is 0. The smallest absolute Gasteiger partial charge is 0.138 e. The standard InChI is InChI=1S/C15H14BrCl2NO/c1-8-5-9(3-4-11(8)16)15(19)10-6-13(18)14(20-2)7-12(10)17/h3-7,15H,19H2,1-2H3. The van der Waals surface area contributed by atoms with Gasteiger partial charge in [-0.1, -0.05) is 51.3 Å². The molecule has 5 heteroatoms. The van der Waals surface area contributed by atoms with Gasteiger partial charge in [0.15, 0.2) is 0 Å². The molecule has 0 bridgehead atoms. The van der Waals surface area contributed by atoms with Crippen LogP contribution in [0, 0.1) is 6.92 Å². The highest BCUT2D eigenvalue weighted by atomic mass is 79.9. The van der Waals surface area contributed by atoms with Gasteiger partial charge in [0.2, 0.25) is 0 Å². The predicted octanol–water partition coefficient (Wildman–Crippen LogP) is 5.12. The summed E-state index contributed by atoms with van der Waals surface area (Å²) in [4.78, 5) is 0. The lowest BCUT2D eigenvalue weighted by molar-refractivity contribution is 0.415. The van der Waals surface area contributed by atoms with Crippen LogP contribution in [-0.2, 0) is 0 Å². The van der Waals surface area contributed by atoms with E-state index in [-0.39, 0.29) is 6.04 Å². The molecule has 0 saturated heterocycles. The second-order valence-electron chi connectivity index (χ2n) is 4.49. The molecule has 1 atom stereocenters. The minimum atomic E-state index is -0.335. The topological polar surface area (TPSA) is 35.2 Å². The maximum atomic E-state index is 6.30. The van der Waals surface area contributed by atoms with Crippen LogP contribution in [0.4, 0.5) is 0 Å². The quantitative estimate of drug-likeness (QED) is 0.808. The first-order valence-electron chi connectivity index (χ1n) is 5.98. The SMILES string of the molecule is COc1cc(Cl)c(C(N)c2ccc(Br)c(C)c2)cc1Cl. The van der Waals surface area contributed by atoms with Crippen molar-refractivity contribution < 1.29 is 4.74 Å². The molecule has 0 spiro atoms. The van der Waals surface area contributed by atoms with E-state index in [2.05, 4.69) is 15.9 Å². The van der Waals surface area contributed by atoms with Crippen LogP contribution in [0.2, 0.25) is 10.0 Å². The molecule has 2 rings (SSSR count). The minimum Gasteiger partial charge on any atom is -0.495 e. The number of hydrogen-bond acceptors (Lipinski definition) is 2. The van der Waals surface area contributed by atoms with Gasteiger partial charge in [0.05, 0.1) is 18.2 Å². The number of ether oxygens (including phenoxy) is 1. The number of rotatable bonds is 3. The fraction of sp³-hybridized carbons (Fsp3) is 0.200. The summed E-state index contributed by atoms with van der Waals surface area (Å²) in [5, 5.41) is 1.04. The molecule has 0 aliphatic heterocycles. The first-order chi connectivity index (χ1) is 9.43. The van der Waals surface area contributed by atoms with Crippen molar-refractivity contribution in [3.63, 3.8) is 0 Å². The van der Waals surface area contributed by atoms with Gasteiger partial charge in [0, 0.05) is 15.6 Å². The molecule has 0 heterocycles. The van der Waals surface area contributed by atoms with Gasteiger partial charge in [-0.15, -0.1) is 0 Å². The van der Waals surface area contributed by atoms with Gasteiger partial charge in [-0.25, -0.2) is 0 Å². The maximum Gasteiger partial charge on any atom is 0.138 e. The number of nitrogens with two attached hydrogens (primary N) is 1. The third-order valence-electron chi connectivity index (χ3n) is 3.15. The zero-order chi connectivity index (χ0) is 14.9. The Hall–Kier alpha value is -0.740. The normalized spacial score (nSPS) is 12.3. The number of methoxy groups -OCH3 is 1. The van der Waals surface area contributed by atoms with E-state index in [9.17, 15) is 0 Å². The highest BCUT2D eigenvalue weighted by Gasteiger charge is 2.16. The zero-order valence-electron chi connectivity index (χ0n) is 11.1. The van der Waals surface area contributed by atoms with Crippen LogP contribution in [0.25, 0.3) is 0 Å². The number of benzene rings is 2. The van der Waals surface area contributed by atoms with E-state index in [1.165, 1.54) is 0 Å². The Morgan fingerprint density at radius 1 is 1.15 bits per heavy atom. The fourth-order valence-corrected chi connectivity index (χ4v) is 2.75. The molecule has 2 nitrogen and oxygen atoms in total. The van der Waals surface area contributed by atoms with Crippen molar-refractivity contribution in [3.05, 3.63) is 61.5 Å². The van der Waals surface area contributed by atoms with Gasteiger partial charge in [-0.3, -0.25) is 0 Å². The molecule has 20 heavy (non-hydrogen) atoms. The van der Waals surface area contributed by atoms with Crippen molar-refractivity contribution in [3.8, 4) is 5.75 Å². The third kappa shape index (κ3) is 3.12. The number of aryl methyl sites for hydroxylation is 1. The molecule has 0 saturated carbocycles. The van der Waals surface area contributed by atoms with E-state index in [1.807, 2.05) is 25.1 Å². The van der Waals surface area contributed by atoms with Gasteiger partial charge in [-0.2, -0.15) is 0 Å². The Labute approximate surface area is 137 Å². The highest BCUT2D eigenvalue weighted by molar-refractivity contribution is 9.10. The lowest BCUT2D eigenvalue weighted by Crippen LogP contribution is -2.12. The summed E-state index contributed by atoms with van der Waals surface area (Å²) in [6.45, 7) is 2.02. The molecule has 0 aromatic heterocycles. The van der Waals surface area contributed by atoms with Gasteiger partial charge in [0.1, 0.15) is 5.75 Å². The molecule has 0 amide bonds. The first-order valence-corrected chi connectivity index (χ1v) is 7.53. The van der Waals surface area contributed by atoms with Crippen LogP contribution in [0.5, 0.6) is 5.75 Å². The van der Waals surface area contributed by atoms with Crippen molar-refractivity contribution in [1.82, 2.24) is 0 Å². The summed E-state index contributed by atoms with van der Waals surface area (Å²) < 4.78 is 6.19. The molecule has 2 aromatic carbocycles. The van der Waals surface area contributed by atoms with E-state index < -0.39 is 0 Å². The second kappa shape index (κ2) is 6.35. The zero-order valence-corrected chi connectivity index (χ0v) is 14.2. The average molecular weight is 375 g/mol. The summed E-state index contributed by atoms with van der Waals surface area (Å²) in [5.74, 6) is 0.541. The molecule has 0 aliphatic rings. The molecular weight excluding hydrogens is 361 g/mol. The molecule has 1 unspecified atom stereocenters. The third-order valence-corrected chi connectivity index (χ3v) is 4.66. The predicted molar refractivity (Wildman–Crippen MR) is 87.9 cm³/mol. The van der Waals surface area contributed by atoms with Crippen LogP contribution in [0.1, 0.15) is 22.7 Å². The Bertz CT molecular complexity index is 646. The van der Waals surface area contributed by atoms with Crippen molar-refractivity contribution in [2.75, 3.05) is 7.11 Å². The van der Waals surface area contributed by atoms with E-state index in [4.69, 9.17) is 33.7 Å². The van der Waals surface area contributed by atoms with E-state index in [1.54, 1.807) is 19.2 Å². The van der Waals surface area contributed by atoms with Crippen LogP contribution in [-0.4, -0.2) is 7.11 Å². The van der Waals surface area contributed by atoms with Crippen LogP contribution >= 0.6 is 39.1 Å². The summed E-state index contributed by atoms with van der Waals surface area (Å²) >= 11 is 15.9. The van der Waals surface area contributed by atoms with Gasteiger partial charge in [-0.05, 0) is 35.7 Å². The van der Waals surface area contributed by atoms with Gasteiger partial charge >= 0.3 is 0 Å². The lowest BCUT2D eigenvalue weighted by atomic mass is 9.98. The fourth-order valence-electron chi connectivity index (χ4n) is 1.98. The molecule has 0 radical (unpaired) electrons. The summed E-state index contributed by atoms with van der Waals surface area (Å²) in [5.41, 5.74) is 9.17. The molecule has 106 valence electrons. The number of halogens is 3. The maximum absolute atomic E-state index is 6.30. The summed E-state index contributed by atoms with van der Waals surface area (Å²) in [7, 11) is 1.55. The van der Waals surface area contributed by atoms with Crippen LogP contribution in [0.15, 0.2) is 34.8 Å². The van der Waals surface area contributed by atoms with E-state index in [0.29, 0.717) is 15.8 Å².